The van der Waals surface area contributed by atoms with Crippen LogP contribution in [0, 0.1) is 11.6 Å². The number of nitrogens with zero attached hydrogens (tertiary/aromatic N) is 1. The van der Waals surface area contributed by atoms with E-state index in [1.165, 1.54) is 24.3 Å². The molecule has 3 aromatic rings. The van der Waals surface area contributed by atoms with Crippen molar-refractivity contribution in [1.29, 1.82) is 0 Å². The number of rotatable bonds is 2. The van der Waals surface area contributed by atoms with E-state index in [9.17, 15) is 8.78 Å². The van der Waals surface area contributed by atoms with E-state index in [0.717, 1.165) is 16.5 Å². The molecule has 0 aliphatic rings. The van der Waals surface area contributed by atoms with E-state index in [-0.39, 0.29) is 11.6 Å². The van der Waals surface area contributed by atoms with E-state index in [2.05, 4.69) is 0 Å². The molecule has 1 nitrogen and oxygen atoms in total. The third-order valence-corrected chi connectivity index (χ3v) is 3.00. The minimum absolute atomic E-state index is 0.234. The highest BCUT2D eigenvalue weighted by atomic mass is 19.1. The van der Waals surface area contributed by atoms with Gasteiger partial charge >= 0.3 is 0 Å². The molecule has 0 saturated heterocycles. The van der Waals surface area contributed by atoms with Crippen LogP contribution in [0.2, 0.25) is 0 Å². The lowest BCUT2D eigenvalue weighted by Gasteiger charge is -2.05. The predicted molar refractivity (Wildman–Crippen MR) is 67.4 cm³/mol. The Kier molecular flexibility index (Phi) is 2.59. The standard InChI is InChI=1S/C15H11F2N/c16-13-3-1-11(2-4-13)10-18-8-7-12-9-14(17)5-6-15(12)18/h1-9H,10H2. The van der Waals surface area contributed by atoms with Gasteiger partial charge in [-0.05, 0) is 42.0 Å². The lowest BCUT2D eigenvalue weighted by Crippen LogP contribution is -1.97. The number of fused-ring (bicyclic) bond motifs is 1. The smallest absolute Gasteiger partial charge is 0.123 e. The average molecular weight is 243 g/mol. The van der Waals surface area contributed by atoms with Crippen molar-refractivity contribution in [3.05, 3.63) is 71.9 Å². The van der Waals surface area contributed by atoms with Gasteiger partial charge in [0.25, 0.3) is 0 Å². The van der Waals surface area contributed by atoms with Crippen LogP contribution in [-0.2, 0) is 6.54 Å². The van der Waals surface area contributed by atoms with Crippen LogP contribution in [0.4, 0.5) is 8.78 Å². The van der Waals surface area contributed by atoms with Gasteiger partial charge in [0.2, 0.25) is 0 Å². The molecule has 0 amide bonds. The molecule has 0 atom stereocenters. The van der Waals surface area contributed by atoms with Crippen LogP contribution in [0.5, 0.6) is 0 Å². The van der Waals surface area contributed by atoms with E-state index < -0.39 is 0 Å². The zero-order valence-corrected chi connectivity index (χ0v) is 9.61. The van der Waals surface area contributed by atoms with Crippen molar-refractivity contribution in [2.45, 2.75) is 6.54 Å². The van der Waals surface area contributed by atoms with Crippen molar-refractivity contribution < 1.29 is 8.78 Å². The van der Waals surface area contributed by atoms with Crippen LogP contribution in [-0.4, -0.2) is 4.57 Å². The Morgan fingerprint density at radius 3 is 2.33 bits per heavy atom. The number of hydrogen-bond donors (Lipinski definition) is 0. The molecule has 0 spiro atoms. The largest absolute Gasteiger partial charge is 0.343 e. The summed E-state index contributed by atoms with van der Waals surface area (Å²) in [6.07, 6.45) is 1.91. The first-order valence-corrected chi connectivity index (χ1v) is 5.71. The van der Waals surface area contributed by atoms with E-state index in [0.29, 0.717) is 6.54 Å². The maximum absolute atomic E-state index is 13.1. The predicted octanol–water partition coefficient (Wildman–Crippen LogP) is 3.97. The zero-order valence-electron chi connectivity index (χ0n) is 9.61. The molecular weight excluding hydrogens is 232 g/mol. The summed E-state index contributed by atoms with van der Waals surface area (Å²) in [5.74, 6) is -0.472. The van der Waals surface area contributed by atoms with Crippen molar-refractivity contribution in [2.24, 2.45) is 0 Å². The third-order valence-electron chi connectivity index (χ3n) is 3.00. The summed E-state index contributed by atoms with van der Waals surface area (Å²) in [4.78, 5) is 0. The van der Waals surface area contributed by atoms with E-state index in [1.54, 1.807) is 18.2 Å². The molecule has 0 N–H and O–H groups in total. The molecule has 2 aromatic carbocycles. The van der Waals surface area contributed by atoms with Gasteiger partial charge in [0.1, 0.15) is 11.6 Å². The van der Waals surface area contributed by atoms with Gasteiger partial charge in [0.15, 0.2) is 0 Å². The maximum Gasteiger partial charge on any atom is 0.123 e. The summed E-state index contributed by atoms with van der Waals surface area (Å²) in [5, 5.41) is 0.872. The summed E-state index contributed by atoms with van der Waals surface area (Å²) in [7, 11) is 0. The maximum atomic E-state index is 13.1. The zero-order chi connectivity index (χ0) is 12.5. The Morgan fingerprint density at radius 2 is 1.56 bits per heavy atom. The van der Waals surface area contributed by atoms with E-state index in [4.69, 9.17) is 0 Å². The minimum atomic E-state index is -0.238. The lowest BCUT2D eigenvalue weighted by atomic mass is 10.2. The highest BCUT2D eigenvalue weighted by Crippen LogP contribution is 2.18. The van der Waals surface area contributed by atoms with Crippen molar-refractivity contribution in [3.8, 4) is 0 Å². The summed E-state index contributed by atoms with van der Waals surface area (Å²) in [6, 6.07) is 13.0. The van der Waals surface area contributed by atoms with Gasteiger partial charge in [-0.2, -0.15) is 0 Å². The molecule has 0 aliphatic heterocycles. The van der Waals surface area contributed by atoms with Crippen LogP contribution < -0.4 is 0 Å². The van der Waals surface area contributed by atoms with Crippen molar-refractivity contribution >= 4 is 10.9 Å². The first-order valence-electron chi connectivity index (χ1n) is 5.71. The number of halogens is 2. The monoisotopic (exact) mass is 243 g/mol. The van der Waals surface area contributed by atoms with Crippen LogP contribution in [0.1, 0.15) is 5.56 Å². The normalized spacial score (nSPS) is 11.0. The van der Waals surface area contributed by atoms with Crippen molar-refractivity contribution in [2.75, 3.05) is 0 Å². The Hall–Kier alpha value is -2.16. The SMILES string of the molecule is Fc1ccc(Cn2ccc3cc(F)ccc32)cc1. The first-order chi connectivity index (χ1) is 8.72. The fourth-order valence-corrected chi connectivity index (χ4v) is 2.10. The second-order valence-corrected chi connectivity index (χ2v) is 4.27. The van der Waals surface area contributed by atoms with Crippen molar-refractivity contribution in [1.82, 2.24) is 4.57 Å². The van der Waals surface area contributed by atoms with Gasteiger partial charge in [-0.1, -0.05) is 12.1 Å². The van der Waals surface area contributed by atoms with Gasteiger partial charge in [0, 0.05) is 23.6 Å². The molecule has 0 saturated carbocycles. The molecule has 0 radical (unpaired) electrons. The Morgan fingerprint density at radius 1 is 0.833 bits per heavy atom. The fourth-order valence-electron chi connectivity index (χ4n) is 2.10. The summed E-state index contributed by atoms with van der Waals surface area (Å²) >= 11 is 0. The Bertz CT molecular complexity index is 683. The molecule has 3 rings (SSSR count). The summed E-state index contributed by atoms with van der Waals surface area (Å²) < 4.78 is 27.9. The highest BCUT2D eigenvalue weighted by molar-refractivity contribution is 5.80. The average Bonchev–Trinajstić information content (AvgIpc) is 2.74. The second kappa shape index (κ2) is 4.26. The minimum Gasteiger partial charge on any atom is -0.343 e. The van der Waals surface area contributed by atoms with E-state index in [1.807, 2.05) is 16.8 Å². The third kappa shape index (κ3) is 1.99. The highest BCUT2D eigenvalue weighted by Gasteiger charge is 2.03. The molecule has 0 unspecified atom stereocenters. The molecular formula is C15H11F2N. The molecule has 0 fully saturated rings. The summed E-state index contributed by atoms with van der Waals surface area (Å²) in [5.41, 5.74) is 1.99. The Labute approximate surface area is 103 Å². The molecule has 18 heavy (non-hydrogen) atoms. The second-order valence-electron chi connectivity index (χ2n) is 4.27. The van der Waals surface area contributed by atoms with Crippen LogP contribution >= 0.6 is 0 Å². The summed E-state index contributed by atoms with van der Waals surface area (Å²) in [6.45, 7) is 0.648. The lowest BCUT2D eigenvalue weighted by molar-refractivity contribution is 0.626. The fraction of sp³-hybridized carbons (Fsp3) is 0.0667. The van der Waals surface area contributed by atoms with Crippen LogP contribution in [0.3, 0.4) is 0 Å². The van der Waals surface area contributed by atoms with Gasteiger partial charge in [-0.25, -0.2) is 8.78 Å². The van der Waals surface area contributed by atoms with E-state index >= 15 is 0 Å². The quantitative estimate of drug-likeness (QED) is 0.642. The molecule has 1 heterocycles. The topological polar surface area (TPSA) is 4.93 Å². The number of aromatic nitrogens is 1. The Balaban J connectivity index is 1.97. The molecule has 0 bridgehead atoms. The number of hydrogen-bond acceptors (Lipinski definition) is 0. The number of benzene rings is 2. The van der Waals surface area contributed by atoms with Gasteiger partial charge in [-0.15, -0.1) is 0 Å². The van der Waals surface area contributed by atoms with Gasteiger partial charge < -0.3 is 4.57 Å². The van der Waals surface area contributed by atoms with Crippen LogP contribution in [0.25, 0.3) is 10.9 Å². The van der Waals surface area contributed by atoms with Gasteiger partial charge in [0.05, 0.1) is 0 Å². The van der Waals surface area contributed by atoms with Crippen molar-refractivity contribution in [3.63, 3.8) is 0 Å². The first kappa shape index (κ1) is 11.0. The molecule has 3 heteroatoms. The molecule has 0 aliphatic carbocycles. The molecule has 90 valence electrons. The van der Waals surface area contributed by atoms with Gasteiger partial charge in [-0.3, -0.25) is 0 Å². The molecule has 1 aromatic heterocycles. The van der Waals surface area contributed by atoms with Crippen LogP contribution in [0.15, 0.2) is 54.7 Å².